The first kappa shape index (κ1) is 15.4. The van der Waals surface area contributed by atoms with Crippen molar-refractivity contribution in [1.82, 2.24) is 14.8 Å². The number of aromatic nitrogens is 3. The molecule has 0 aliphatic carbocycles. The molecule has 2 aromatic heterocycles. The molecule has 6 nitrogen and oxygen atoms in total. The predicted octanol–water partition coefficient (Wildman–Crippen LogP) is 2.98. The third-order valence-electron chi connectivity index (χ3n) is 3.40. The Hall–Kier alpha value is -3.46. The molecule has 24 heavy (non-hydrogen) atoms. The van der Waals surface area contributed by atoms with Crippen LogP contribution in [-0.4, -0.2) is 27.3 Å². The van der Waals surface area contributed by atoms with Crippen molar-refractivity contribution < 1.29 is 9.53 Å². The number of rotatable bonds is 4. The quantitative estimate of drug-likeness (QED) is 0.691. The zero-order valence-electron chi connectivity index (χ0n) is 13.0. The predicted molar refractivity (Wildman–Crippen MR) is 87.5 cm³/mol. The second-order valence-electron chi connectivity index (χ2n) is 4.94. The maximum atomic E-state index is 11.7. The molecule has 0 unspecified atom stereocenters. The van der Waals surface area contributed by atoms with Crippen molar-refractivity contribution in [3.63, 3.8) is 0 Å². The van der Waals surface area contributed by atoms with E-state index < -0.39 is 5.97 Å². The number of carbonyl (C=O) groups excluding carboxylic acids is 1. The van der Waals surface area contributed by atoms with Crippen LogP contribution in [0, 0.1) is 11.3 Å². The van der Waals surface area contributed by atoms with Gasteiger partial charge in [-0.15, -0.1) is 0 Å². The van der Waals surface area contributed by atoms with Gasteiger partial charge in [0, 0.05) is 11.8 Å². The van der Waals surface area contributed by atoms with Gasteiger partial charge in [-0.25, -0.2) is 14.5 Å². The summed E-state index contributed by atoms with van der Waals surface area (Å²) in [6, 6.07) is 15.3. The molecular weight excluding hydrogens is 304 g/mol. The van der Waals surface area contributed by atoms with E-state index in [2.05, 4.69) is 16.2 Å². The molecular formula is C18H14N4O2. The second kappa shape index (κ2) is 6.75. The van der Waals surface area contributed by atoms with Crippen LogP contribution in [0.3, 0.4) is 0 Å². The Morgan fingerprint density at radius 2 is 2.04 bits per heavy atom. The number of hydrogen-bond acceptors (Lipinski definition) is 5. The van der Waals surface area contributed by atoms with E-state index in [1.54, 1.807) is 13.0 Å². The topological polar surface area (TPSA) is 80.8 Å². The van der Waals surface area contributed by atoms with E-state index in [0.717, 1.165) is 11.1 Å². The number of nitrogens with zero attached hydrogens (tertiary/aromatic N) is 4. The van der Waals surface area contributed by atoms with E-state index in [4.69, 9.17) is 4.74 Å². The van der Waals surface area contributed by atoms with Gasteiger partial charge in [-0.1, -0.05) is 30.3 Å². The monoisotopic (exact) mass is 318 g/mol. The minimum Gasteiger partial charge on any atom is -0.462 e. The van der Waals surface area contributed by atoms with Crippen molar-refractivity contribution in [1.29, 1.82) is 5.26 Å². The van der Waals surface area contributed by atoms with Crippen molar-refractivity contribution in [3.8, 4) is 23.0 Å². The molecule has 0 atom stereocenters. The van der Waals surface area contributed by atoms with Gasteiger partial charge in [-0.05, 0) is 24.6 Å². The molecule has 3 rings (SSSR count). The van der Waals surface area contributed by atoms with Gasteiger partial charge >= 0.3 is 5.97 Å². The molecule has 3 aromatic rings. The average molecular weight is 318 g/mol. The number of carbonyl (C=O) groups is 1. The fourth-order valence-electron chi connectivity index (χ4n) is 2.28. The first-order valence-corrected chi connectivity index (χ1v) is 7.41. The number of pyridine rings is 1. The molecule has 0 amide bonds. The van der Waals surface area contributed by atoms with Gasteiger partial charge in [0.15, 0.2) is 11.5 Å². The van der Waals surface area contributed by atoms with Crippen molar-refractivity contribution in [2.24, 2.45) is 0 Å². The molecule has 0 N–H and O–H groups in total. The fourth-order valence-corrected chi connectivity index (χ4v) is 2.28. The van der Waals surface area contributed by atoms with Gasteiger partial charge in [0.05, 0.1) is 18.4 Å². The highest BCUT2D eigenvalue weighted by atomic mass is 16.5. The van der Waals surface area contributed by atoms with Gasteiger partial charge in [0.1, 0.15) is 6.07 Å². The molecule has 1 aromatic carbocycles. The van der Waals surface area contributed by atoms with Crippen molar-refractivity contribution >= 4 is 5.97 Å². The lowest BCUT2D eigenvalue weighted by molar-refractivity contribution is 0.0526. The fraction of sp³-hybridized carbons (Fsp3) is 0.111. The van der Waals surface area contributed by atoms with E-state index in [1.165, 1.54) is 17.1 Å². The zero-order chi connectivity index (χ0) is 16.9. The Balaban J connectivity index is 1.96. The molecule has 0 radical (unpaired) electrons. The molecule has 0 fully saturated rings. The summed E-state index contributed by atoms with van der Waals surface area (Å²) < 4.78 is 6.38. The largest absolute Gasteiger partial charge is 0.462 e. The summed E-state index contributed by atoms with van der Waals surface area (Å²) in [5.74, 6) is 0.0203. The van der Waals surface area contributed by atoms with E-state index >= 15 is 0 Å². The zero-order valence-corrected chi connectivity index (χ0v) is 13.0. The minimum atomic E-state index is -0.440. The Labute approximate surface area is 138 Å². The maximum Gasteiger partial charge on any atom is 0.341 e. The van der Waals surface area contributed by atoms with E-state index in [-0.39, 0.29) is 0 Å². The third kappa shape index (κ3) is 3.01. The Kier molecular flexibility index (Phi) is 4.34. The number of ether oxygens (including phenoxy) is 1. The van der Waals surface area contributed by atoms with Crippen LogP contribution in [0.5, 0.6) is 0 Å². The molecule has 0 spiro atoms. The van der Waals surface area contributed by atoms with Crippen LogP contribution in [0.25, 0.3) is 16.9 Å². The van der Waals surface area contributed by atoms with Gasteiger partial charge in [-0.2, -0.15) is 10.4 Å². The summed E-state index contributed by atoms with van der Waals surface area (Å²) >= 11 is 0. The lowest BCUT2D eigenvalue weighted by Crippen LogP contribution is -2.04. The summed E-state index contributed by atoms with van der Waals surface area (Å²) in [5.41, 5.74) is 2.30. The SMILES string of the molecule is CCOC(=O)c1cnn(-c2ccc(-c3ccccc3)c(C#N)n2)c1. The summed E-state index contributed by atoms with van der Waals surface area (Å²) in [7, 11) is 0. The maximum absolute atomic E-state index is 11.7. The number of benzene rings is 1. The van der Waals surface area contributed by atoms with Crippen LogP contribution < -0.4 is 0 Å². The Bertz CT molecular complexity index is 910. The first-order valence-electron chi connectivity index (χ1n) is 7.41. The van der Waals surface area contributed by atoms with Crippen LogP contribution in [0.1, 0.15) is 23.0 Å². The molecule has 2 heterocycles. The van der Waals surface area contributed by atoms with Crippen molar-refractivity contribution in [3.05, 3.63) is 66.1 Å². The lowest BCUT2D eigenvalue weighted by atomic mass is 10.0. The van der Waals surface area contributed by atoms with Crippen LogP contribution in [0.4, 0.5) is 0 Å². The molecule has 118 valence electrons. The van der Waals surface area contributed by atoms with Gasteiger partial charge in [-0.3, -0.25) is 0 Å². The second-order valence-corrected chi connectivity index (χ2v) is 4.94. The highest BCUT2D eigenvalue weighted by Crippen LogP contribution is 2.23. The lowest BCUT2D eigenvalue weighted by Gasteiger charge is -2.06. The number of esters is 1. The minimum absolute atomic E-state index is 0.298. The molecule has 6 heteroatoms. The molecule has 0 aliphatic heterocycles. The Morgan fingerprint density at radius 3 is 2.75 bits per heavy atom. The van der Waals surface area contributed by atoms with Gasteiger partial charge < -0.3 is 4.74 Å². The van der Waals surface area contributed by atoms with Gasteiger partial charge in [0.25, 0.3) is 0 Å². The Morgan fingerprint density at radius 1 is 1.25 bits per heavy atom. The summed E-state index contributed by atoms with van der Waals surface area (Å²) in [4.78, 5) is 16.0. The number of hydrogen-bond donors (Lipinski definition) is 0. The van der Waals surface area contributed by atoms with Crippen LogP contribution >= 0.6 is 0 Å². The standard InChI is InChI=1S/C18H14N4O2/c1-2-24-18(23)14-11-20-22(12-14)17-9-8-15(16(10-19)21-17)13-6-4-3-5-7-13/h3-9,11-12H,2H2,1H3. The summed E-state index contributed by atoms with van der Waals surface area (Å²) in [5, 5.41) is 13.5. The van der Waals surface area contributed by atoms with Gasteiger partial charge in [0.2, 0.25) is 0 Å². The summed E-state index contributed by atoms with van der Waals surface area (Å²) in [6.45, 7) is 2.04. The van der Waals surface area contributed by atoms with E-state index in [1.807, 2.05) is 36.4 Å². The van der Waals surface area contributed by atoms with Crippen molar-refractivity contribution in [2.75, 3.05) is 6.61 Å². The average Bonchev–Trinajstić information content (AvgIpc) is 3.12. The van der Waals surface area contributed by atoms with Crippen LogP contribution in [0.2, 0.25) is 0 Å². The molecule has 0 saturated heterocycles. The smallest absolute Gasteiger partial charge is 0.341 e. The number of nitriles is 1. The van der Waals surface area contributed by atoms with E-state index in [9.17, 15) is 10.1 Å². The van der Waals surface area contributed by atoms with Crippen molar-refractivity contribution in [2.45, 2.75) is 6.92 Å². The third-order valence-corrected chi connectivity index (χ3v) is 3.40. The first-order chi connectivity index (χ1) is 11.7. The molecule has 0 aliphatic rings. The van der Waals surface area contributed by atoms with Crippen LogP contribution in [-0.2, 0) is 4.74 Å². The van der Waals surface area contributed by atoms with E-state index in [0.29, 0.717) is 23.7 Å². The highest BCUT2D eigenvalue weighted by Gasteiger charge is 2.13. The van der Waals surface area contributed by atoms with Crippen LogP contribution in [0.15, 0.2) is 54.9 Å². The molecule has 0 bridgehead atoms. The normalized spacial score (nSPS) is 10.2. The summed E-state index contributed by atoms with van der Waals surface area (Å²) in [6.07, 6.45) is 2.94. The molecule has 0 saturated carbocycles. The highest BCUT2D eigenvalue weighted by molar-refractivity contribution is 5.88.